The molecule has 1 unspecified atom stereocenters. The fourth-order valence-electron chi connectivity index (χ4n) is 2.08. The molecule has 1 atom stereocenters. The predicted molar refractivity (Wildman–Crippen MR) is 80.8 cm³/mol. The molecule has 0 saturated heterocycles. The first-order chi connectivity index (χ1) is 9.60. The van der Waals surface area contributed by atoms with Crippen LogP contribution in [0.3, 0.4) is 0 Å². The average molecular weight is 272 g/mol. The van der Waals surface area contributed by atoms with Crippen molar-refractivity contribution in [3.05, 3.63) is 46.2 Å². The Morgan fingerprint density at radius 1 is 1.35 bits per heavy atom. The number of aromatic nitrogens is 1. The lowest BCUT2D eigenvalue weighted by molar-refractivity contribution is -0.121. The summed E-state index contributed by atoms with van der Waals surface area (Å²) < 4.78 is 0. The number of H-pyrrole nitrogens is 1. The van der Waals surface area contributed by atoms with Gasteiger partial charge >= 0.3 is 0 Å². The van der Waals surface area contributed by atoms with Crippen LogP contribution in [-0.2, 0) is 11.2 Å². The average Bonchev–Trinajstić information content (AvgIpc) is 2.44. The molecule has 0 aliphatic heterocycles. The Balaban J connectivity index is 2.08. The Kier molecular flexibility index (Phi) is 4.56. The number of carbonyl (C=O) groups excluding carboxylic acids is 1. The largest absolute Gasteiger partial charge is 0.354 e. The highest BCUT2D eigenvalue weighted by Gasteiger charge is 2.08. The number of fused-ring (bicyclic) bond motifs is 1. The molecule has 1 heterocycles. The van der Waals surface area contributed by atoms with Crippen LogP contribution in [0.1, 0.15) is 32.3 Å². The van der Waals surface area contributed by atoms with E-state index < -0.39 is 0 Å². The molecule has 1 aromatic carbocycles. The molecule has 2 aromatic rings. The third-order valence-electron chi connectivity index (χ3n) is 3.47. The van der Waals surface area contributed by atoms with Crippen LogP contribution in [0.25, 0.3) is 10.9 Å². The van der Waals surface area contributed by atoms with Crippen LogP contribution in [0.2, 0.25) is 0 Å². The lowest BCUT2D eigenvalue weighted by atomic mass is 10.1. The first-order valence-electron chi connectivity index (χ1n) is 7.00. The van der Waals surface area contributed by atoms with Gasteiger partial charge in [0.15, 0.2) is 0 Å². The van der Waals surface area contributed by atoms with Crippen LogP contribution in [0, 0.1) is 0 Å². The maximum atomic E-state index is 11.9. The summed E-state index contributed by atoms with van der Waals surface area (Å²) in [6, 6.07) is 9.68. The number of benzene rings is 1. The number of pyridine rings is 1. The normalized spacial score (nSPS) is 12.3. The Morgan fingerprint density at radius 3 is 2.85 bits per heavy atom. The summed E-state index contributed by atoms with van der Waals surface area (Å²) in [5.74, 6) is -0.00749. The summed E-state index contributed by atoms with van der Waals surface area (Å²) in [7, 11) is 0. The molecule has 2 rings (SSSR count). The third-order valence-corrected chi connectivity index (χ3v) is 3.47. The molecule has 4 nitrogen and oxygen atoms in total. The van der Waals surface area contributed by atoms with E-state index in [9.17, 15) is 9.59 Å². The molecular weight excluding hydrogens is 252 g/mol. The van der Waals surface area contributed by atoms with Crippen LogP contribution < -0.4 is 10.9 Å². The number of nitrogens with one attached hydrogen (secondary N) is 2. The molecule has 106 valence electrons. The van der Waals surface area contributed by atoms with Crippen molar-refractivity contribution in [1.82, 2.24) is 10.3 Å². The second-order valence-electron chi connectivity index (χ2n) is 5.09. The summed E-state index contributed by atoms with van der Waals surface area (Å²) in [5.41, 5.74) is 1.37. The Hall–Kier alpha value is -2.10. The van der Waals surface area contributed by atoms with E-state index in [1.54, 1.807) is 0 Å². The summed E-state index contributed by atoms with van der Waals surface area (Å²) >= 11 is 0. The third kappa shape index (κ3) is 3.47. The van der Waals surface area contributed by atoms with Crippen LogP contribution in [-0.4, -0.2) is 16.9 Å². The fraction of sp³-hybridized carbons (Fsp3) is 0.375. The van der Waals surface area contributed by atoms with Crippen LogP contribution in [0.4, 0.5) is 0 Å². The van der Waals surface area contributed by atoms with E-state index in [2.05, 4.69) is 10.3 Å². The van der Waals surface area contributed by atoms with Gasteiger partial charge in [-0.1, -0.05) is 25.1 Å². The number of rotatable bonds is 5. The zero-order valence-electron chi connectivity index (χ0n) is 11.9. The highest BCUT2D eigenvalue weighted by atomic mass is 16.1. The topological polar surface area (TPSA) is 62.0 Å². The van der Waals surface area contributed by atoms with Gasteiger partial charge in [0.1, 0.15) is 0 Å². The minimum absolute atomic E-state index is 0.00749. The standard InChI is InChI=1S/C16H20N2O2/c1-3-11(2)17-15(19)9-8-13-10-12-6-4-5-7-14(12)18-16(13)20/h4-7,10-11H,3,8-9H2,1-2H3,(H,17,19)(H,18,20). The SMILES string of the molecule is CCC(C)NC(=O)CCc1cc2ccccc2[nH]c1=O. The van der Waals surface area contributed by atoms with Crippen molar-refractivity contribution in [2.75, 3.05) is 0 Å². The summed E-state index contributed by atoms with van der Waals surface area (Å²) in [6.45, 7) is 4.00. The molecule has 0 aliphatic rings. The Bertz CT molecular complexity index is 661. The molecule has 2 N–H and O–H groups in total. The van der Waals surface area contributed by atoms with Crippen LogP contribution in [0.15, 0.2) is 35.1 Å². The number of amides is 1. The maximum Gasteiger partial charge on any atom is 0.251 e. The zero-order valence-corrected chi connectivity index (χ0v) is 11.9. The number of hydrogen-bond donors (Lipinski definition) is 2. The summed E-state index contributed by atoms with van der Waals surface area (Å²) in [6.07, 6.45) is 1.70. The number of aromatic amines is 1. The van der Waals surface area contributed by atoms with Crippen LogP contribution in [0.5, 0.6) is 0 Å². The minimum atomic E-state index is -0.111. The number of para-hydroxylation sites is 1. The van der Waals surface area contributed by atoms with E-state index in [0.29, 0.717) is 18.4 Å². The van der Waals surface area contributed by atoms with E-state index in [0.717, 1.165) is 17.3 Å². The second-order valence-corrected chi connectivity index (χ2v) is 5.09. The number of aryl methyl sites for hydroxylation is 1. The van der Waals surface area contributed by atoms with Crippen molar-refractivity contribution in [3.8, 4) is 0 Å². The minimum Gasteiger partial charge on any atom is -0.354 e. The van der Waals surface area contributed by atoms with Crippen molar-refractivity contribution in [1.29, 1.82) is 0 Å². The molecule has 1 aromatic heterocycles. The molecule has 0 aliphatic carbocycles. The van der Waals surface area contributed by atoms with Crippen LogP contribution >= 0.6 is 0 Å². The predicted octanol–water partition coefficient (Wildman–Crippen LogP) is 2.38. The van der Waals surface area contributed by atoms with Crippen molar-refractivity contribution in [3.63, 3.8) is 0 Å². The molecule has 0 radical (unpaired) electrons. The van der Waals surface area contributed by atoms with Gasteiger partial charge in [-0.2, -0.15) is 0 Å². The Labute approximate surface area is 118 Å². The summed E-state index contributed by atoms with van der Waals surface area (Å²) in [4.78, 5) is 26.5. The van der Waals surface area contributed by atoms with Gasteiger partial charge in [0.25, 0.3) is 5.56 Å². The fourth-order valence-corrected chi connectivity index (χ4v) is 2.08. The first-order valence-corrected chi connectivity index (χ1v) is 7.00. The van der Waals surface area contributed by atoms with Gasteiger partial charge in [-0.25, -0.2) is 0 Å². The molecule has 0 saturated carbocycles. The van der Waals surface area contributed by atoms with Gasteiger partial charge in [-0.3, -0.25) is 9.59 Å². The van der Waals surface area contributed by atoms with Crippen molar-refractivity contribution < 1.29 is 4.79 Å². The Morgan fingerprint density at radius 2 is 2.10 bits per heavy atom. The van der Waals surface area contributed by atoms with Gasteiger partial charge in [0.05, 0.1) is 0 Å². The molecule has 0 fully saturated rings. The molecule has 0 spiro atoms. The van der Waals surface area contributed by atoms with Gasteiger partial charge in [-0.15, -0.1) is 0 Å². The molecule has 1 amide bonds. The van der Waals surface area contributed by atoms with E-state index in [1.807, 2.05) is 44.2 Å². The van der Waals surface area contributed by atoms with E-state index in [-0.39, 0.29) is 17.5 Å². The van der Waals surface area contributed by atoms with Gasteiger partial charge in [0, 0.05) is 23.5 Å². The maximum absolute atomic E-state index is 11.9. The van der Waals surface area contributed by atoms with Crippen molar-refractivity contribution in [2.45, 2.75) is 39.2 Å². The number of carbonyl (C=O) groups is 1. The van der Waals surface area contributed by atoms with Crippen molar-refractivity contribution >= 4 is 16.8 Å². The zero-order chi connectivity index (χ0) is 14.5. The summed E-state index contributed by atoms with van der Waals surface area (Å²) in [5, 5.41) is 3.90. The molecule has 4 heteroatoms. The lowest BCUT2D eigenvalue weighted by Crippen LogP contribution is -2.32. The lowest BCUT2D eigenvalue weighted by Gasteiger charge is -2.11. The smallest absolute Gasteiger partial charge is 0.251 e. The highest BCUT2D eigenvalue weighted by molar-refractivity contribution is 5.79. The van der Waals surface area contributed by atoms with Gasteiger partial charge in [0.2, 0.25) is 5.91 Å². The van der Waals surface area contributed by atoms with E-state index >= 15 is 0 Å². The van der Waals surface area contributed by atoms with Crippen molar-refractivity contribution in [2.24, 2.45) is 0 Å². The molecule has 0 bridgehead atoms. The van der Waals surface area contributed by atoms with Gasteiger partial charge in [-0.05, 0) is 37.3 Å². The number of hydrogen-bond acceptors (Lipinski definition) is 2. The van der Waals surface area contributed by atoms with E-state index in [1.165, 1.54) is 0 Å². The highest BCUT2D eigenvalue weighted by Crippen LogP contribution is 2.11. The second kappa shape index (κ2) is 6.37. The monoisotopic (exact) mass is 272 g/mol. The van der Waals surface area contributed by atoms with E-state index in [4.69, 9.17) is 0 Å². The quantitative estimate of drug-likeness (QED) is 0.877. The first kappa shape index (κ1) is 14.3. The van der Waals surface area contributed by atoms with Gasteiger partial charge < -0.3 is 10.3 Å². The molecular formula is C16H20N2O2. The molecule has 20 heavy (non-hydrogen) atoms.